The summed E-state index contributed by atoms with van der Waals surface area (Å²) in [6, 6.07) is 45.7. The maximum atomic E-state index is 4.60. The minimum absolute atomic E-state index is 0.470. The van der Waals surface area contributed by atoms with Crippen molar-refractivity contribution in [3.05, 3.63) is 244 Å². The Kier molecular flexibility index (Phi) is 11.0. The summed E-state index contributed by atoms with van der Waals surface area (Å²) in [4.78, 5) is 2.45. The van der Waals surface area contributed by atoms with Crippen molar-refractivity contribution in [1.82, 2.24) is 0 Å². The number of allylic oxidation sites excluding steroid dienone is 12. The molecule has 0 amide bonds. The van der Waals surface area contributed by atoms with Crippen molar-refractivity contribution >= 4 is 17.5 Å². The molecule has 5 aromatic rings. The minimum atomic E-state index is -0.489. The van der Waals surface area contributed by atoms with Gasteiger partial charge in [-0.2, -0.15) is 0 Å². The zero-order valence-corrected chi connectivity index (χ0v) is 32.4. The van der Waals surface area contributed by atoms with Gasteiger partial charge in [0.25, 0.3) is 0 Å². The van der Waals surface area contributed by atoms with Crippen LogP contribution < -0.4 is 4.90 Å². The van der Waals surface area contributed by atoms with E-state index in [9.17, 15) is 0 Å². The topological polar surface area (TPSA) is 3.24 Å². The lowest BCUT2D eigenvalue weighted by Gasteiger charge is -2.49. The standard InChI is InChI=1S/C51H45N.C3H4/c1-4-7-10-21-34-52(42-26-13-11-14-27-42)43-32-33-48-49(37-43)51(40(24-9-6-3)35-39-23-16-18-29-45(39)51)47-31-20-19-30-46(47)50(48)41(25-12-8-5-2)36-38-22-15-17-28-44(38)50;1-3-2/h4-33,36-37H,34-35H2,1-3H3;1H,2H3/b7-4-,8-5-,9-6-,21-10-,25-12-,40-24+;. The van der Waals surface area contributed by atoms with Gasteiger partial charge in [0.05, 0.1) is 10.8 Å². The Morgan fingerprint density at radius 1 is 0.600 bits per heavy atom. The van der Waals surface area contributed by atoms with Crippen molar-refractivity contribution in [3.8, 4) is 12.3 Å². The first-order valence-corrected chi connectivity index (χ1v) is 19.4. The molecule has 0 aliphatic heterocycles. The fourth-order valence-electron chi connectivity index (χ4n) is 9.11. The zero-order valence-electron chi connectivity index (χ0n) is 32.4. The molecule has 5 aromatic carbocycles. The van der Waals surface area contributed by atoms with E-state index in [0.717, 1.165) is 13.0 Å². The van der Waals surface area contributed by atoms with Crippen molar-refractivity contribution in [2.75, 3.05) is 11.4 Å². The van der Waals surface area contributed by atoms with Gasteiger partial charge in [-0.05, 0) is 120 Å². The number of benzene rings is 5. The van der Waals surface area contributed by atoms with Crippen molar-refractivity contribution in [2.45, 2.75) is 44.9 Å². The second-order valence-electron chi connectivity index (χ2n) is 14.1. The maximum absolute atomic E-state index is 4.60. The first kappa shape index (κ1) is 37.0. The van der Waals surface area contributed by atoms with E-state index in [4.69, 9.17) is 0 Å². The van der Waals surface area contributed by atoms with Gasteiger partial charge in [0, 0.05) is 17.9 Å². The quantitative estimate of drug-likeness (QED) is 0.114. The van der Waals surface area contributed by atoms with E-state index in [1.807, 2.05) is 0 Å². The van der Waals surface area contributed by atoms with Crippen LogP contribution in [-0.4, -0.2) is 6.54 Å². The number of para-hydroxylation sites is 1. The second kappa shape index (κ2) is 16.3. The first-order valence-electron chi connectivity index (χ1n) is 19.4. The van der Waals surface area contributed by atoms with Crippen LogP contribution in [-0.2, 0) is 17.3 Å². The lowest BCUT2D eigenvalue weighted by Crippen LogP contribution is -2.44. The summed E-state index contributed by atoms with van der Waals surface area (Å²) in [6.45, 7) is 8.66. The summed E-state index contributed by atoms with van der Waals surface area (Å²) in [5, 5.41) is 0. The molecule has 0 aromatic heterocycles. The SMILES string of the molecule is C#CC.C/C=C\C=C/CN(c1ccccc1)c1ccc2c(c1)C1(/C(=C/C=C\C)Cc3ccccc31)c1ccccc1C21C(/C=C\C=C/C)=Cc2ccccc21. The number of anilines is 2. The number of rotatable bonds is 8. The van der Waals surface area contributed by atoms with Gasteiger partial charge in [-0.1, -0.05) is 164 Å². The van der Waals surface area contributed by atoms with Gasteiger partial charge in [0.2, 0.25) is 0 Å². The molecule has 2 spiro atoms. The van der Waals surface area contributed by atoms with Gasteiger partial charge in [0.1, 0.15) is 0 Å². The molecule has 0 fully saturated rings. The molecule has 0 heterocycles. The summed E-state index contributed by atoms with van der Waals surface area (Å²) < 4.78 is 0. The van der Waals surface area contributed by atoms with Crippen LogP contribution in [0.2, 0.25) is 0 Å². The minimum Gasteiger partial charge on any atom is -0.338 e. The van der Waals surface area contributed by atoms with E-state index >= 15 is 0 Å². The molecule has 270 valence electrons. The molecular weight excluding hydrogens is 663 g/mol. The molecule has 0 bridgehead atoms. The largest absolute Gasteiger partial charge is 0.338 e. The Morgan fingerprint density at radius 2 is 1.20 bits per heavy atom. The Bertz CT molecular complexity index is 2440. The third-order valence-corrected chi connectivity index (χ3v) is 11.1. The zero-order chi connectivity index (χ0) is 38.3. The van der Waals surface area contributed by atoms with Crippen LogP contribution in [0.15, 0.2) is 199 Å². The highest BCUT2D eigenvalue weighted by molar-refractivity contribution is 5.87. The number of hydrogen-bond donors (Lipinski definition) is 0. The highest BCUT2D eigenvalue weighted by Crippen LogP contribution is 2.65. The van der Waals surface area contributed by atoms with E-state index in [0.29, 0.717) is 0 Å². The molecule has 1 nitrogen and oxygen atoms in total. The van der Waals surface area contributed by atoms with E-state index < -0.39 is 10.8 Å². The Morgan fingerprint density at radius 3 is 1.93 bits per heavy atom. The number of hydrogen-bond acceptors (Lipinski definition) is 1. The molecule has 8 rings (SSSR count). The third-order valence-electron chi connectivity index (χ3n) is 11.1. The van der Waals surface area contributed by atoms with E-state index in [2.05, 4.69) is 232 Å². The van der Waals surface area contributed by atoms with Crippen molar-refractivity contribution in [3.63, 3.8) is 0 Å². The monoisotopic (exact) mass is 711 g/mol. The lowest BCUT2D eigenvalue weighted by atomic mass is 9.52. The maximum Gasteiger partial charge on any atom is 0.0714 e. The Hall–Kier alpha value is -6.36. The molecule has 0 N–H and O–H groups in total. The molecule has 2 unspecified atom stereocenters. The third kappa shape index (κ3) is 6.19. The van der Waals surface area contributed by atoms with Gasteiger partial charge < -0.3 is 4.90 Å². The fourth-order valence-corrected chi connectivity index (χ4v) is 9.11. The summed E-state index contributed by atoms with van der Waals surface area (Å²) in [5.41, 5.74) is 14.9. The molecule has 3 aliphatic carbocycles. The van der Waals surface area contributed by atoms with Crippen LogP contribution >= 0.6 is 0 Å². The predicted molar refractivity (Wildman–Crippen MR) is 236 cm³/mol. The smallest absolute Gasteiger partial charge is 0.0714 e. The molecule has 2 atom stereocenters. The molecule has 1 heteroatoms. The van der Waals surface area contributed by atoms with Crippen LogP contribution in [0.1, 0.15) is 72.2 Å². The van der Waals surface area contributed by atoms with Crippen LogP contribution in [0.25, 0.3) is 6.08 Å². The van der Waals surface area contributed by atoms with Gasteiger partial charge in [-0.3, -0.25) is 0 Å². The molecule has 0 saturated carbocycles. The van der Waals surface area contributed by atoms with Crippen LogP contribution in [0.3, 0.4) is 0 Å². The average Bonchev–Trinajstić information content (AvgIpc) is 3.73. The van der Waals surface area contributed by atoms with Crippen LogP contribution in [0.4, 0.5) is 11.4 Å². The van der Waals surface area contributed by atoms with Gasteiger partial charge in [-0.15, -0.1) is 12.3 Å². The Balaban J connectivity index is 0.00000150. The lowest BCUT2D eigenvalue weighted by molar-refractivity contribution is 0.623. The van der Waals surface area contributed by atoms with Crippen molar-refractivity contribution in [2.24, 2.45) is 0 Å². The predicted octanol–water partition coefficient (Wildman–Crippen LogP) is 13.2. The molecule has 0 saturated heterocycles. The highest BCUT2D eigenvalue weighted by Gasteiger charge is 2.58. The molecular formula is C54H49N. The van der Waals surface area contributed by atoms with Gasteiger partial charge >= 0.3 is 0 Å². The van der Waals surface area contributed by atoms with Crippen LogP contribution in [0, 0.1) is 12.3 Å². The van der Waals surface area contributed by atoms with E-state index in [-0.39, 0.29) is 0 Å². The summed E-state index contributed by atoms with van der Waals surface area (Å²) in [5.74, 6) is 2.25. The van der Waals surface area contributed by atoms with Crippen LogP contribution in [0.5, 0.6) is 0 Å². The van der Waals surface area contributed by atoms with E-state index in [1.165, 1.54) is 67.0 Å². The van der Waals surface area contributed by atoms with Crippen molar-refractivity contribution < 1.29 is 0 Å². The fraction of sp³-hybridized carbons (Fsp3) is 0.148. The first-order chi connectivity index (χ1) is 27.1. The molecule has 55 heavy (non-hydrogen) atoms. The van der Waals surface area contributed by atoms with Gasteiger partial charge in [-0.25, -0.2) is 0 Å². The number of terminal acetylenes is 1. The van der Waals surface area contributed by atoms with Gasteiger partial charge in [0.15, 0.2) is 0 Å². The second-order valence-corrected chi connectivity index (χ2v) is 14.1. The summed E-state index contributed by atoms with van der Waals surface area (Å²) >= 11 is 0. The normalized spacial score (nSPS) is 19.9. The van der Waals surface area contributed by atoms with Crippen molar-refractivity contribution in [1.29, 1.82) is 0 Å². The molecule has 3 aliphatic rings. The summed E-state index contributed by atoms with van der Waals surface area (Å²) in [6.07, 6.45) is 32.1. The summed E-state index contributed by atoms with van der Waals surface area (Å²) in [7, 11) is 0. The molecule has 0 radical (unpaired) electrons. The van der Waals surface area contributed by atoms with E-state index in [1.54, 1.807) is 6.92 Å². The highest BCUT2D eigenvalue weighted by atomic mass is 15.1. The average molecular weight is 712 g/mol. The Labute approximate surface area is 328 Å². The number of nitrogens with zero attached hydrogens (tertiary/aromatic N) is 1. The number of fused-ring (bicyclic) bond motifs is 10.